The maximum atomic E-state index is 13.0. The molecule has 0 radical (unpaired) electrons. The molecule has 1 atom stereocenters. The lowest BCUT2D eigenvalue weighted by atomic mass is 9.61. The predicted octanol–water partition coefficient (Wildman–Crippen LogP) is -3.33. The molecule has 0 amide bonds. The summed E-state index contributed by atoms with van der Waals surface area (Å²) in [7, 11) is -3.10. The summed E-state index contributed by atoms with van der Waals surface area (Å²) in [4.78, 5) is 16.7. The first-order valence-corrected chi connectivity index (χ1v) is 4.83. The van der Waals surface area contributed by atoms with Crippen LogP contribution in [0.1, 0.15) is 0 Å². The summed E-state index contributed by atoms with van der Waals surface area (Å²) in [6, 6.07) is 0. The highest BCUT2D eigenvalue weighted by Crippen LogP contribution is 2.42. The molecule has 0 aliphatic carbocycles. The number of phosphoric acid groups is 1. The van der Waals surface area contributed by atoms with Crippen molar-refractivity contribution in [3.63, 3.8) is 0 Å². The third kappa shape index (κ3) is 3.76. The molecule has 0 aliphatic rings. The summed E-state index contributed by atoms with van der Waals surface area (Å²) in [6.07, 6.45) is 0. The molecule has 4 N–H and O–H groups in total. The number of hydrogen-bond acceptors (Lipinski definition) is 4. The number of phosphoric ester groups is 1. The highest BCUT2D eigenvalue weighted by atomic mass is 31.2. The van der Waals surface area contributed by atoms with Crippen LogP contribution in [-0.2, 0) is 9.09 Å². The fourth-order valence-corrected chi connectivity index (χ4v) is 1.29. The van der Waals surface area contributed by atoms with Crippen molar-refractivity contribution in [2.45, 2.75) is 11.3 Å². The second-order valence-electron chi connectivity index (χ2n) is 3.01. The highest BCUT2D eigenvalue weighted by molar-refractivity contribution is 7.46. The first kappa shape index (κ1) is 13.1. The Morgan fingerprint density at radius 1 is 1.46 bits per heavy atom. The van der Waals surface area contributed by atoms with Gasteiger partial charge < -0.3 is 20.0 Å². The van der Waals surface area contributed by atoms with Gasteiger partial charge in [-0.15, -0.1) is 0 Å². The summed E-state index contributed by atoms with van der Waals surface area (Å²) in [5.41, 5.74) is 0. The van der Waals surface area contributed by atoms with Gasteiger partial charge in [-0.25, -0.2) is 8.96 Å². The molecular formula is C3H10B2FO6P. The van der Waals surface area contributed by atoms with Crippen LogP contribution in [0.25, 0.3) is 0 Å². The van der Waals surface area contributed by atoms with Crippen LogP contribution in [0.15, 0.2) is 0 Å². The summed E-state index contributed by atoms with van der Waals surface area (Å²) >= 11 is 0. The average Bonchev–Trinajstić information content (AvgIpc) is 1.81. The van der Waals surface area contributed by atoms with Crippen LogP contribution in [0.4, 0.5) is 4.39 Å². The molecule has 0 aliphatic heterocycles. The minimum atomic E-state index is -4.91. The first-order valence-electron chi connectivity index (χ1n) is 3.30. The maximum absolute atomic E-state index is 13.0. The Morgan fingerprint density at radius 3 is 2.08 bits per heavy atom. The second-order valence-corrected chi connectivity index (χ2v) is 4.17. The van der Waals surface area contributed by atoms with Crippen molar-refractivity contribution >= 4 is 23.5 Å². The summed E-state index contributed by atoms with van der Waals surface area (Å²) in [5.74, 6) is -3.21. The lowest BCUT2D eigenvalue weighted by Crippen LogP contribution is -2.56. The van der Waals surface area contributed by atoms with E-state index in [9.17, 15) is 8.96 Å². The zero-order chi connectivity index (χ0) is 10.9. The maximum Gasteiger partial charge on any atom is 0.468 e. The molecule has 0 rings (SSSR count). The van der Waals surface area contributed by atoms with Gasteiger partial charge in [0.05, 0.1) is 5.40 Å². The van der Waals surface area contributed by atoms with Gasteiger partial charge in [0.25, 0.3) is 0 Å². The van der Waals surface area contributed by atoms with Gasteiger partial charge >= 0.3 is 7.82 Å². The van der Waals surface area contributed by atoms with E-state index in [1.165, 1.54) is 0 Å². The minimum Gasteiger partial charge on any atom is -0.390 e. The van der Waals surface area contributed by atoms with Crippen molar-refractivity contribution in [3.8, 4) is 0 Å². The van der Waals surface area contributed by atoms with Crippen molar-refractivity contribution in [3.05, 3.63) is 0 Å². The minimum absolute atomic E-state index is 0.905. The number of alkyl halides is 1. The summed E-state index contributed by atoms with van der Waals surface area (Å²) < 4.78 is 27.2. The van der Waals surface area contributed by atoms with Crippen LogP contribution in [0.3, 0.4) is 0 Å². The van der Waals surface area contributed by atoms with E-state index in [-0.39, 0.29) is 0 Å². The van der Waals surface area contributed by atoms with Crippen LogP contribution < -0.4 is 0 Å². The molecule has 76 valence electrons. The molecule has 13 heavy (non-hydrogen) atoms. The standard InChI is InChI=1S/C3H10B2FO6P/c4-3(5,2(6,8)1-7)12-13(9,10)11/h7-8H,1,4-5H2,(H2,9,10,11)/t2-/m0/s1. The molecule has 10 heteroatoms. The van der Waals surface area contributed by atoms with E-state index >= 15 is 0 Å². The second kappa shape index (κ2) is 3.68. The van der Waals surface area contributed by atoms with Gasteiger partial charge in [-0.05, 0) is 0 Å². The van der Waals surface area contributed by atoms with E-state index in [0.717, 1.165) is 15.7 Å². The lowest BCUT2D eigenvalue weighted by molar-refractivity contribution is -0.178. The largest absolute Gasteiger partial charge is 0.468 e. The molecule has 0 bridgehead atoms. The van der Waals surface area contributed by atoms with Crippen LogP contribution in [-0.4, -0.2) is 53.6 Å². The van der Waals surface area contributed by atoms with Gasteiger partial charge in [0.15, 0.2) is 0 Å². The van der Waals surface area contributed by atoms with Gasteiger partial charge in [-0.3, -0.25) is 4.52 Å². The number of aliphatic hydroxyl groups is 2. The van der Waals surface area contributed by atoms with Crippen LogP contribution >= 0.6 is 7.82 Å². The van der Waals surface area contributed by atoms with Crippen LogP contribution in [0, 0.1) is 0 Å². The molecule has 0 saturated heterocycles. The zero-order valence-electron chi connectivity index (χ0n) is 7.14. The van der Waals surface area contributed by atoms with Gasteiger partial charge in [-0.1, -0.05) is 0 Å². The van der Waals surface area contributed by atoms with Crippen molar-refractivity contribution in [1.29, 1.82) is 0 Å². The summed E-state index contributed by atoms with van der Waals surface area (Å²) in [6.45, 7) is -1.32. The molecular weight excluding hydrogens is 204 g/mol. The summed E-state index contributed by atoms with van der Waals surface area (Å²) in [5, 5.41) is 15.0. The van der Waals surface area contributed by atoms with Crippen molar-refractivity contribution in [2.24, 2.45) is 0 Å². The fourth-order valence-electron chi connectivity index (χ4n) is 0.558. The molecule has 0 aromatic carbocycles. The predicted molar refractivity (Wildman–Crippen MR) is 46.1 cm³/mol. The highest BCUT2D eigenvalue weighted by Gasteiger charge is 2.48. The van der Waals surface area contributed by atoms with E-state index in [2.05, 4.69) is 4.52 Å². The van der Waals surface area contributed by atoms with Gasteiger partial charge in [0.2, 0.25) is 5.85 Å². The third-order valence-electron chi connectivity index (χ3n) is 1.48. The van der Waals surface area contributed by atoms with Gasteiger partial charge in [0, 0.05) is 0 Å². The quantitative estimate of drug-likeness (QED) is 0.288. The normalized spacial score (nSPS) is 18.2. The first-order chi connectivity index (χ1) is 5.52. The van der Waals surface area contributed by atoms with Gasteiger partial charge in [-0.2, -0.15) is 0 Å². The molecule has 0 aromatic heterocycles. The van der Waals surface area contributed by atoms with Crippen molar-refractivity contribution in [1.82, 2.24) is 0 Å². The lowest BCUT2D eigenvalue weighted by Gasteiger charge is -2.34. The Bertz CT molecular complexity index is 226. The third-order valence-corrected chi connectivity index (χ3v) is 2.17. The number of hydrogen-bond donors (Lipinski definition) is 4. The van der Waals surface area contributed by atoms with E-state index in [4.69, 9.17) is 20.0 Å². The van der Waals surface area contributed by atoms with Crippen molar-refractivity contribution in [2.75, 3.05) is 6.61 Å². The number of aliphatic hydroxyl groups excluding tert-OH is 1. The molecule has 0 spiro atoms. The van der Waals surface area contributed by atoms with E-state index < -0.39 is 25.7 Å². The van der Waals surface area contributed by atoms with E-state index in [0.29, 0.717) is 0 Å². The molecule has 6 nitrogen and oxygen atoms in total. The number of halogens is 1. The Kier molecular flexibility index (Phi) is 3.71. The Labute approximate surface area is 75.8 Å². The van der Waals surface area contributed by atoms with E-state index in [1.807, 2.05) is 0 Å². The smallest absolute Gasteiger partial charge is 0.390 e. The SMILES string of the molecule is BC(B)(OP(=O)(O)O)[C@](O)(F)CO. The topological polar surface area (TPSA) is 107 Å². The average molecular weight is 214 g/mol. The Morgan fingerprint density at radius 2 is 1.85 bits per heavy atom. The van der Waals surface area contributed by atoms with Crippen LogP contribution in [0.5, 0.6) is 0 Å². The van der Waals surface area contributed by atoms with Crippen LogP contribution in [0.2, 0.25) is 0 Å². The number of rotatable bonds is 4. The molecule has 0 saturated carbocycles. The zero-order valence-corrected chi connectivity index (χ0v) is 8.03. The van der Waals surface area contributed by atoms with Crippen molar-refractivity contribution < 1.29 is 33.5 Å². The monoisotopic (exact) mass is 214 g/mol. The molecule has 0 aromatic rings. The Balaban J connectivity index is 4.68. The Hall–Kier alpha value is 0.0899. The molecule has 0 heterocycles. The van der Waals surface area contributed by atoms with Gasteiger partial charge in [0.1, 0.15) is 22.3 Å². The fraction of sp³-hybridized carbons (Fsp3) is 1.00. The molecule has 0 fully saturated rings. The molecule has 0 unspecified atom stereocenters. The van der Waals surface area contributed by atoms with E-state index in [1.54, 1.807) is 0 Å².